The Balaban J connectivity index is 1.98. The normalized spacial score (nSPS) is 17.6. The third-order valence-corrected chi connectivity index (χ3v) is 3.44. The Labute approximate surface area is 116 Å². The third-order valence-electron chi connectivity index (χ3n) is 3.44. The topological polar surface area (TPSA) is 95.7 Å². The summed E-state index contributed by atoms with van der Waals surface area (Å²) < 4.78 is 0. The Kier molecular flexibility index (Phi) is 3.89. The lowest BCUT2D eigenvalue weighted by Crippen LogP contribution is -2.46. The van der Waals surface area contributed by atoms with Crippen LogP contribution in [0.3, 0.4) is 0 Å². The number of aliphatic hydroxyl groups is 1. The van der Waals surface area contributed by atoms with Crippen LogP contribution in [0.2, 0.25) is 0 Å². The van der Waals surface area contributed by atoms with Crippen LogP contribution in [0.25, 0.3) is 0 Å². The van der Waals surface area contributed by atoms with Gasteiger partial charge >= 0.3 is 6.03 Å². The highest BCUT2D eigenvalue weighted by atomic mass is 16.6. The number of carbonyl (C=O) groups excluding carboxylic acids is 1. The number of rotatable bonds is 2. The quantitative estimate of drug-likeness (QED) is 0.639. The Hall–Kier alpha value is -2.15. The van der Waals surface area contributed by atoms with Gasteiger partial charge < -0.3 is 15.3 Å². The van der Waals surface area contributed by atoms with Crippen LogP contribution in [-0.2, 0) is 0 Å². The van der Waals surface area contributed by atoms with Gasteiger partial charge in [0.1, 0.15) is 0 Å². The lowest BCUT2D eigenvalue weighted by molar-refractivity contribution is -0.384. The molecule has 0 radical (unpaired) electrons. The second-order valence-electron chi connectivity index (χ2n) is 5.22. The van der Waals surface area contributed by atoms with Crippen molar-refractivity contribution >= 4 is 17.4 Å². The van der Waals surface area contributed by atoms with Crippen LogP contribution in [0.5, 0.6) is 0 Å². The molecule has 1 aromatic carbocycles. The zero-order valence-electron chi connectivity index (χ0n) is 11.2. The van der Waals surface area contributed by atoms with Crippen LogP contribution in [-0.4, -0.2) is 39.7 Å². The van der Waals surface area contributed by atoms with Crippen molar-refractivity contribution in [2.24, 2.45) is 0 Å². The fraction of sp³-hybridized carbons (Fsp3) is 0.462. The minimum absolute atomic E-state index is 0.0654. The molecule has 108 valence electrons. The van der Waals surface area contributed by atoms with Gasteiger partial charge in [0, 0.05) is 30.9 Å². The number of anilines is 1. The van der Waals surface area contributed by atoms with Crippen molar-refractivity contribution in [3.63, 3.8) is 0 Å². The molecular formula is C13H17N3O4. The molecule has 0 saturated carbocycles. The standard InChI is InChI=1S/C13H17N3O4/c1-13(18)5-7-15(8-6-13)12(17)14-10-3-2-4-11(9-10)16(19)20/h2-4,9,18H,5-8H2,1H3,(H,14,17). The van der Waals surface area contributed by atoms with E-state index >= 15 is 0 Å². The van der Waals surface area contributed by atoms with Gasteiger partial charge in [0.15, 0.2) is 0 Å². The van der Waals surface area contributed by atoms with E-state index in [-0.39, 0.29) is 11.7 Å². The molecular weight excluding hydrogens is 262 g/mol. The lowest BCUT2D eigenvalue weighted by atomic mass is 9.94. The fourth-order valence-corrected chi connectivity index (χ4v) is 2.09. The zero-order chi connectivity index (χ0) is 14.8. The Bertz CT molecular complexity index is 520. The Morgan fingerprint density at radius 3 is 2.70 bits per heavy atom. The van der Waals surface area contributed by atoms with Crippen LogP contribution in [0.4, 0.5) is 16.2 Å². The predicted octanol–water partition coefficient (Wildman–Crippen LogP) is 1.97. The maximum atomic E-state index is 12.0. The number of hydrogen-bond acceptors (Lipinski definition) is 4. The van der Waals surface area contributed by atoms with Gasteiger partial charge in [-0.2, -0.15) is 0 Å². The molecule has 0 atom stereocenters. The maximum absolute atomic E-state index is 12.0. The molecule has 2 rings (SSSR count). The summed E-state index contributed by atoms with van der Waals surface area (Å²) in [7, 11) is 0. The van der Waals surface area contributed by atoms with E-state index in [4.69, 9.17) is 0 Å². The van der Waals surface area contributed by atoms with Crippen molar-refractivity contribution in [1.82, 2.24) is 4.90 Å². The van der Waals surface area contributed by atoms with Gasteiger partial charge in [0.2, 0.25) is 0 Å². The molecule has 2 N–H and O–H groups in total. The molecule has 0 bridgehead atoms. The Morgan fingerprint density at radius 2 is 2.10 bits per heavy atom. The molecule has 7 nitrogen and oxygen atoms in total. The first-order valence-corrected chi connectivity index (χ1v) is 6.40. The van der Waals surface area contributed by atoms with E-state index < -0.39 is 10.5 Å². The van der Waals surface area contributed by atoms with Gasteiger partial charge in [-0.1, -0.05) is 6.07 Å². The summed E-state index contributed by atoms with van der Waals surface area (Å²) in [6.45, 7) is 2.68. The number of hydrogen-bond donors (Lipinski definition) is 2. The number of benzene rings is 1. The summed E-state index contributed by atoms with van der Waals surface area (Å²) in [5.41, 5.74) is -0.395. The summed E-state index contributed by atoms with van der Waals surface area (Å²) in [6, 6.07) is 5.51. The lowest BCUT2D eigenvalue weighted by Gasteiger charge is -2.35. The van der Waals surface area contributed by atoms with Gasteiger partial charge in [0.05, 0.1) is 10.5 Å². The SMILES string of the molecule is CC1(O)CCN(C(=O)Nc2cccc([N+](=O)[O-])c2)CC1. The summed E-state index contributed by atoms with van der Waals surface area (Å²) in [4.78, 5) is 23.8. The smallest absolute Gasteiger partial charge is 0.321 e. The average molecular weight is 279 g/mol. The van der Waals surface area contributed by atoms with Crippen LogP contribution in [0.15, 0.2) is 24.3 Å². The highest BCUT2D eigenvalue weighted by Gasteiger charge is 2.29. The molecule has 1 aromatic rings. The molecule has 0 unspecified atom stereocenters. The monoisotopic (exact) mass is 279 g/mol. The second-order valence-corrected chi connectivity index (χ2v) is 5.22. The van der Waals surface area contributed by atoms with E-state index in [9.17, 15) is 20.0 Å². The number of nitrogens with zero attached hydrogens (tertiary/aromatic N) is 2. The van der Waals surface area contributed by atoms with Gasteiger partial charge in [0.25, 0.3) is 5.69 Å². The van der Waals surface area contributed by atoms with E-state index in [1.807, 2.05) is 0 Å². The number of nitro benzene ring substituents is 1. The molecule has 1 aliphatic rings. The van der Waals surface area contributed by atoms with Crippen LogP contribution < -0.4 is 5.32 Å². The molecule has 0 spiro atoms. The number of likely N-dealkylation sites (tertiary alicyclic amines) is 1. The molecule has 1 aliphatic heterocycles. The molecule has 20 heavy (non-hydrogen) atoms. The fourth-order valence-electron chi connectivity index (χ4n) is 2.09. The molecule has 1 heterocycles. The van der Waals surface area contributed by atoms with Crippen molar-refractivity contribution in [1.29, 1.82) is 0 Å². The maximum Gasteiger partial charge on any atom is 0.321 e. The first-order valence-electron chi connectivity index (χ1n) is 6.40. The largest absolute Gasteiger partial charge is 0.390 e. The summed E-state index contributed by atoms with van der Waals surface area (Å²) in [6.07, 6.45) is 1.05. The zero-order valence-corrected chi connectivity index (χ0v) is 11.2. The highest BCUT2D eigenvalue weighted by Crippen LogP contribution is 2.22. The molecule has 1 fully saturated rings. The van der Waals surface area contributed by atoms with Crippen molar-refractivity contribution in [3.05, 3.63) is 34.4 Å². The summed E-state index contributed by atoms with van der Waals surface area (Å²) >= 11 is 0. The number of carbonyl (C=O) groups is 1. The highest BCUT2D eigenvalue weighted by molar-refractivity contribution is 5.89. The average Bonchev–Trinajstić information content (AvgIpc) is 2.38. The number of nitro groups is 1. The van der Waals surface area contributed by atoms with Gasteiger partial charge in [-0.3, -0.25) is 10.1 Å². The van der Waals surface area contributed by atoms with Crippen LogP contribution >= 0.6 is 0 Å². The van der Waals surface area contributed by atoms with E-state index in [2.05, 4.69) is 5.32 Å². The van der Waals surface area contributed by atoms with Crippen molar-refractivity contribution in [2.45, 2.75) is 25.4 Å². The van der Waals surface area contributed by atoms with Crippen LogP contribution in [0, 0.1) is 10.1 Å². The Morgan fingerprint density at radius 1 is 1.45 bits per heavy atom. The van der Waals surface area contributed by atoms with E-state index in [1.54, 1.807) is 17.9 Å². The second kappa shape index (κ2) is 5.46. The first kappa shape index (κ1) is 14.3. The van der Waals surface area contributed by atoms with Crippen LogP contribution in [0.1, 0.15) is 19.8 Å². The number of urea groups is 1. The summed E-state index contributed by atoms with van der Waals surface area (Å²) in [5, 5.41) is 23.1. The van der Waals surface area contributed by atoms with E-state index in [1.165, 1.54) is 18.2 Å². The van der Waals surface area contributed by atoms with Crippen molar-refractivity contribution < 1.29 is 14.8 Å². The molecule has 0 aliphatic carbocycles. The first-order chi connectivity index (χ1) is 9.37. The minimum Gasteiger partial charge on any atom is -0.390 e. The number of nitrogens with one attached hydrogen (secondary N) is 1. The molecule has 1 saturated heterocycles. The molecule has 2 amide bonds. The van der Waals surface area contributed by atoms with E-state index in [0.29, 0.717) is 31.6 Å². The molecule has 7 heteroatoms. The minimum atomic E-state index is -0.720. The van der Waals surface area contributed by atoms with Gasteiger partial charge in [-0.05, 0) is 25.8 Å². The van der Waals surface area contributed by atoms with Gasteiger partial charge in [-0.25, -0.2) is 4.79 Å². The predicted molar refractivity (Wildman–Crippen MR) is 73.5 cm³/mol. The number of piperidine rings is 1. The number of non-ortho nitro benzene ring substituents is 1. The summed E-state index contributed by atoms with van der Waals surface area (Å²) in [5.74, 6) is 0. The third kappa shape index (κ3) is 3.45. The number of amides is 2. The van der Waals surface area contributed by atoms with Gasteiger partial charge in [-0.15, -0.1) is 0 Å². The van der Waals surface area contributed by atoms with Crippen molar-refractivity contribution in [2.75, 3.05) is 18.4 Å². The molecule has 0 aromatic heterocycles. The van der Waals surface area contributed by atoms with Crippen molar-refractivity contribution in [3.8, 4) is 0 Å². The van der Waals surface area contributed by atoms with E-state index in [0.717, 1.165) is 0 Å².